The Bertz CT molecular complexity index is 666. The van der Waals surface area contributed by atoms with Gasteiger partial charge >= 0.3 is 5.97 Å². The second-order valence-corrected chi connectivity index (χ2v) is 4.74. The molecule has 0 atom stereocenters. The molecule has 108 valence electrons. The zero-order valence-electron chi connectivity index (χ0n) is 10.9. The van der Waals surface area contributed by atoms with Gasteiger partial charge in [0.15, 0.2) is 0 Å². The molecule has 5 heteroatoms. The minimum atomic E-state index is -1.08. The number of carboxylic acids is 1. The molecule has 0 fully saturated rings. The highest BCUT2D eigenvalue weighted by Crippen LogP contribution is 2.18. The largest absolute Gasteiger partial charge is 0.489 e. The van der Waals surface area contributed by atoms with Gasteiger partial charge in [0.2, 0.25) is 0 Å². The Morgan fingerprint density at radius 3 is 2.62 bits per heavy atom. The summed E-state index contributed by atoms with van der Waals surface area (Å²) in [7, 11) is 0. The van der Waals surface area contributed by atoms with Gasteiger partial charge in [0.1, 0.15) is 18.2 Å². The molecule has 1 N–H and O–H groups in total. The summed E-state index contributed by atoms with van der Waals surface area (Å²) in [4.78, 5) is 10.5. The summed E-state index contributed by atoms with van der Waals surface area (Å²) in [6, 6.07) is 11.1. The Morgan fingerprint density at radius 2 is 1.95 bits per heavy atom. The molecule has 2 aromatic rings. The van der Waals surface area contributed by atoms with Crippen molar-refractivity contribution < 1.29 is 19.0 Å². The van der Waals surface area contributed by atoms with Crippen molar-refractivity contribution in [1.29, 1.82) is 0 Å². The number of carbonyl (C=O) groups is 1. The van der Waals surface area contributed by atoms with Gasteiger partial charge < -0.3 is 9.84 Å². The lowest BCUT2D eigenvalue weighted by atomic mass is 10.1. The first-order valence-electron chi connectivity index (χ1n) is 6.12. The average molecular weight is 307 g/mol. The maximum atomic E-state index is 13.5. The van der Waals surface area contributed by atoms with Gasteiger partial charge in [-0.05, 0) is 59.7 Å². The average Bonchev–Trinajstić information content (AvgIpc) is 2.44. The summed E-state index contributed by atoms with van der Waals surface area (Å²) in [5.41, 5.74) is 1.07. The summed E-state index contributed by atoms with van der Waals surface area (Å²) in [5, 5.41) is 9.18. The number of benzene rings is 2. The number of hydrogen-bond acceptors (Lipinski definition) is 2. The van der Waals surface area contributed by atoms with Crippen LogP contribution in [0.3, 0.4) is 0 Å². The van der Waals surface area contributed by atoms with E-state index >= 15 is 0 Å². The Hall–Kier alpha value is -2.33. The smallest absolute Gasteiger partial charge is 0.328 e. The van der Waals surface area contributed by atoms with Crippen LogP contribution >= 0.6 is 11.6 Å². The number of halogens is 2. The standard InChI is InChI=1S/C16H12ClFO3/c17-13-2-4-15(5-3-13)21-10-12-7-11(1-6-16(19)20)8-14(18)9-12/h1-9H,10H2,(H,19,20). The van der Waals surface area contributed by atoms with Crippen molar-refractivity contribution >= 4 is 23.6 Å². The fraction of sp³-hybridized carbons (Fsp3) is 0.0625. The van der Waals surface area contributed by atoms with E-state index in [1.807, 2.05) is 0 Å². The van der Waals surface area contributed by atoms with Crippen LogP contribution in [0.1, 0.15) is 11.1 Å². The molecule has 0 bridgehead atoms. The molecule has 0 aromatic heterocycles. The van der Waals surface area contributed by atoms with Crippen LogP contribution in [0.4, 0.5) is 4.39 Å². The Morgan fingerprint density at radius 1 is 1.24 bits per heavy atom. The first-order chi connectivity index (χ1) is 10.0. The van der Waals surface area contributed by atoms with E-state index in [0.29, 0.717) is 21.9 Å². The zero-order valence-corrected chi connectivity index (χ0v) is 11.7. The third kappa shape index (κ3) is 4.93. The van der Waals surface area contributed by atoms with Crippen LogP contribution < -0.4 is 4.74 Å². The van der Waals surface area contributed by atoms with E-state index in [1.165, 1.54) is 18.2 Å². The molecule has 21 heavy (non-hydrogen) atoms. The highest BCUT2D eigenvalue weighted by Gasteiger charge is 2.01. The fourth-order valence-electron chi connectivity index (χ4n) is 1.72. The van der Waals surface area contributed by atoms with Gasteiger partial charge in [-0.1, -0.05) is 11.6 Å². The Balaban J connectivity index is 2.09. The number of rotatable bonds is 5. The molecule has 2 aromatic carbocycles. The van der Waals surface area contributed by atoms with Crippen molar-refractivity contribution in [3.05, 3.63) is 70.5 Å². The van der Waals surface area contributed by atoms with Crippen molar-refractivity contribution in [2.75, 3.05) is 0 Å². The summed E-state index contributed by atoms with van der Waals surface area (Å²) in [5.74, 6) is -0.915. The molecule has 0 spiro atoms. The number of ether oxygens (including phenoxy) is 1. The fourth-order valence-corrected chi connectivity index (χ4v) is 1.85. The summed E-state index contributed by atoms with van der Waals surface area (Å²) < 4.78 is 19.0. The lowest BCUT2D eigenvalue weighted by Gasteiger charge is -2.07. The second-order valence-electron chi connectivity index (χ2n) is 4.31. The van der Waals surface area contributed by atoms with Crippen molar-refractivity contribution in [2.24, 2.45) is 0 Å². The van der Waals surface area contributed by atoms with Crippen molar-refractivity contribution in [1.82, 2.24) is 0 Å². The van der Waals surface area contributed by atoms with E-state index in [2.05, 4.69) is 0 Å². The predicted octanol–water partition coefficient (Wildman–Crippen LogP) is 4.16. The van der Waals surface area contributed by atoms with Crippen LogP contribution in [-0.2, 0) is 11.4 Å². The summed E-state index contributed by atoms with van der Waals surface area (Å²) >= 11 is 5.77. The number of aliphatic carboxylic acids is 1. The summed E-state index contributed by atoms with van der Waals surface area (Å²) in [6.07, 6.45) is 2.29. The molecular formula is C16H12ClFO3. The Labute approximate surface area is 126 Å². The lowest BCUT2D eigenvalue weighted by molar-refractivity contribution is -0.131. The minimum absolute atomic E-state index is 0.174. The third-order valence-electron chi connectivity index (χ3n) is 2.62. The van der Waals surface area contributed by atoms with Crippen LogP contribution in [-0.4, -0.2) is 11.1 Å². The van der Waals surface area contributed by atoms with Crippen LogP contribution in [0, 0.1) is 5.82 Å². The second kappa shape index (κ2) is 6.90. The SMILES string of the molecule is O=C(O)C=Cc1cc(F)cc(COc2ccc(Cl)cc2)c1. The van der Waals surface area contributed by atoms with E-state index in [4.69, 9.17) is 21.4 Å². The molecule has 3 nitrogen and oxygen atoms in total. The van der Waals surface area contributed by atoms with E-state index in [0.717, 1.165) is 6.08 Å². The van der Waals surface area contributed by atoms with E-state index in [9.17, 15) is 9.18 Å². The molecule has 0 unspecified atom stereocenters. The molecule has 0 aliphatic rings. The highest BCUT2D eigenvalue weighted by atomic mass is 35.5. The molecule has 0 aliphatic carbocycles. The predicted molar refractivity (Wildman–Crippen MR) is 78.9 cm³/mol. The van der Waals surface area contributed by atoms with E-state index < -0.39 is 11.8 Å². The van der Waals surface area contributed by atoms with Gasteiger partial charge in [-0.2, -0.15) is 0 Å². The van der Waals surface area contributed by atoms with Gasteiger partial charge in [-0.15, -0.1) is 0 Å². The normalized spacial score (nSPS) is 10.8. The van der Waals surface area contributed by atoms with Crippen molar-refractivity contribution in [3.8, 4) is 5.75 Å². The van der Waals surface area contributed by atoms with Crippen molar-refractivity contribution in [3.63, 3.8) is 0 Å². The quantitative estimate of drug-likeness (QED) is 0.844. The van der Waals surface area contributed by atoms with Gasteiger partial charge in [-0.25, -0.2) is 9.18 Å². The molecule has 0 radical (unpaired) electrons. The maximum absolute atomic E-state index is 13.5. The maximum Gasteiger partial charge on any atom is 0.328 e. The molecule has 0 aliphatic heterocycles. The monoisotopic (exact) mass is 306 g/mol. The van der Waals surface area contributed by atoms with Gasteiger partial charge in [-0.3, -0.25) is 0 Å². The molecule has 0 saturated carbocycles. The lowest BCUT2D eigenvalue weighted by Crippen LogP contribution is -1.97. The van der Waals surface area contributed by atoms with Gasteiger partial charge in [0.25, 0.3) is 0 Å². The summed E-state index contributed by atoms with van der Waals surface area (Å²) in [6.45, 7) is 0.174. The van der Waals surface area contributed by atoms with Crippen LogP contribution in [0.5, 0.6) is 5.75 Å². The third-order valence-corrected chi connectivity index (χ3v) is 2.87. The molecule has 0 heterocycles. The Kier molecular flexibility index (Phi) is 4.95. The minimum Gasteiger partial charge on any atom is -0.489 e. The number of carboxylic acid groups (broad SMARTS) is 1. The van der Waals surface area contributed by atoms with Gasteiger partial charge in [0.05, 0.1) is 0 Å². The van der Waals surface area contributed by atoms with Crippen molar-refractivity contribution in [2.45, 2.75) is 6.61 Å². The first kappa shape index (κ1) is 15.1. The number of hydrogen-bond donors (Lipinski definition) is 1. The van der Waals surface area contributed by atoms with Gasteiger partial charge in [0, 0.05) is 11.1 Å². The van der Waals surface area contributed by atoms with E-state index in [1.54, 1.807) is 30.3 Å². The molecule has 0 amide bonds. The van der Waals surface area contributed by atoms with Crippen LogP contribution in [0.2, 0.25) is 5.02 Å². The molecule has 2 rings (SSSR count). The molecule has 0 saturated heterocycles. The topological polar surface area (TPSA) is 46.5 Å². The highest BCUT2D eigenvalue weighted by molar-refractivity contribution is 6.30. The van der Waals surface area contributed by atoms with E-state index in [-0.39, 0.29) is 6.61 Å². The molecular weight excluding hydrogens is 295 g/mol. The van der Waals surface area contributed by atoms with Crippen LogP contribution in [0.15, 0.2) is 48.5 Å². The first-order valence-corrected chi connectivity index (χ1v) is 6.49. The zero-order chi connectivity index (χ0) is 15.2. The van der Waals surface area contributed by atoms with Crippen LogP contribution in [0.25, 0.3) is 6.08 Å².